The number of carboxylic acids is 1. The number of hydrogen-bond acceptors (Lipinski definition) is 6. The van der Waals surface area contributed by atoms with Gasteiger partial charge >= 0.3 is 5.97 Å². The van der Waals surface area contributed by atoms with Gasteiger partial charge in [0.05, 0.1) is 6.04 Å². The summed E-state index contributed by atoms with van der Waals surface area (Å²) >= 11 is 0. The molecule has 0 unspecified atom stereocenters. The van der Waals surface area contributed by atoms with Gasteiger partial charge in [-0.1, -0.05) is 27.7 Å². The van der Waals surface area contributed by atoms with Crippen LogP contribution in [0, 0.1) is 11.8 Å². The lowest BCUT2D eigenvalue weighted by molar-refractivity contribution is -0.142. The van der Waals surface area contributed by atoms with Crippen LogP contribution in [0.3, 0.4) is 0 Å². The standard InChI is InChI=1S/C22H39N5O6/c1-12(2)10-16(20(30)25-15(22(32)33)7-8-18(23)28)27-21(31)17(11-13(3)4)26-19(29)14-6-5-9-24-14/h12-17,24H,5-11H2,1-4H3,(H2,23,28)(H,25,30)(H,26,29)(H,27,31)(H,32,33)/t14-,15-,16-,17-/m0/s1. The molecule has 1 heterocycles. The van der Waals surface area contributed by atoms with E-state index in [1.165, 1.54) is 0 Å². The van der Waals surface area contributed by atoms with Crippen molar-refractivity contribution in [3.05, 3.63) is 0 Å². The Bertz CT molecular complexity index is 705. The Kier molecular flexibility index (Phi) is 11.8. The van der Waals surface area contributed by atoms with E-state index in [0.29, 0.717) is 12.8 Å². The highest BCUT2D eigenvalue weighted by Gasteiger charge is 2.32. The molecule has 0 radical (unpaired) electrons. The zero-order chi connectivity index (χ0) is 25.1. The number of nitrogens with two attached hydrogens (primary N) is 1. The minimum atomic E-state index is -1.31. The van der Waals surface area contributed by atoms with Crippen LogP contribution in [0.5, 0.6) is 0 Å². The first-order valence-electron chi connectivity index (χ1n) is 11.6. The van der Waals surface area contributed by atoms with Crippen molar-refractivity contribution in [1.82, 2.24) is 21.3 Å². The molecule has 11 heteroatoms. The van der Waals surface area contributed by atoms with Gasteiger partial charge in [-0.15, -0.1) is 0 Å². The first kappa shape index (κ1) is 28.3. The van der Waals surface area contributed by atoms with Gasteiger partial charge in [0, 0.05) is 6.42 Å². The van der Waals surface area contributed by atoms with E-state index in [1.807, 2.05) is 27.7 Å². The van der Waals surface area contributed by atoms with E-state index in [4.69, 9.17) is 5.73 Å². The molecule has 1 rings (SSSR count). The van der Waals surface area contributed by atoms with Crippen LogP contribution in [0.2, 0.25) is 0 Å². The second kappa shape index (κ2) is 13.8. The quantitative estimate of drug-likeness (QED) is 0.201. The summed E-state index contributed by atoms with van der Waals surface area (Å²) in [5.41, 5.74) is 5.08. The van der Waals surface area contributed by atoms with Crippen LogP contribution in [0.4, 0.5) is 0 Å². The summed E-state index contributed by atoms with van der Waals surface area (Å²) in [7, 11) is 0. The second-order valence-electron chi connectivity index (χ2n) is 9.43. The summed E-state index contributed by atoms with van der Waals surface area (Å²) in [4.78, 5) is 60.9. The first-order chi connectivity index (χ1) is 15.4. The number of primary amides is 1. The number of aliphatic carboxylic acids is 1. The third-order valence-corrected chi connectivity index (χ3v) is 5.35. The lowest BCUT2D eigenvalue weighted by atomic mass is 9.99. The second-order valence-corrected chi connectivity index (χ2v) is 9.43. The predicted octanol–water partition coefficient (Wildman–Crippen LogP) is -0.365. The predicted molar refractivity (Wildman–Crippen MR) is 122 cm³/mol. The maximum Gasteiger partial charge on any atom is 0.326 e. The number of carboxylic acid groups (broad SMARTS) is 1. The van der Waals surface area contributed by atoms with Crippen molar-refractivity contribution >= 4 is 29.6 Å². The molecule has 1 aliphatic heterocycles. The molecule has 0 aliphatic carbocycles. The summed E-state index contributed by atoms with van der Waals surface area (Å²) in [6.07, 6.45) is 1.89. The normalized spacial score (nSPS) is 18.4. The van der Waals surface area contributed by atoms with E-state index < -0.39 is 41.8 Å². The van der Waals surface area contributed by atoms with Gasteiger partial charge in [0.25, 0.3) is 0 Å². The lowest BCUT2D eigenvalue weighted by Crippen LogP contribution is -2.57. The molecule has 0 aromatic rings. The molecule has 7 N–H and O–H groups in total. The molecule has 0 spiro atoms. The summed E-state index contributed by atoms with van der Waals surface area (Å²) in [5.74, 6) is -3.26. The SMILES string of the molecule is CC(C)C[C@H](NC(=O)[C@H](CC(C)C)NC(=O)[C@@H]1CCCN1)C(=O)N[C@@H](CCC(N)=O)C(=O)O. The Hall–Kier alpha value is -2.69. The van der Waals surface area contributed by atoms with Crippen LogP contribution in [-0.2, 0) is 24.0 Å². The third-order valence-electron chi connectivity index (χ3n) is 5.35. The van der Waals surface area contributed by atoms with Crippen molar-refractivity contribution in [3.63, 3.8) is 0 Å². The minimum Gasteiger partial charge on any atom is -0.480 e. The van der Waals surface area contributed by atoms with Gasteiger partial charge in [-0.05, 0) is 50.5 Å². The maximum atomic E-state index is 13.1. The topological polar surface area (TPSA) is 180 Å². The minimum absolute atomic E-state index is 0.0239. The molecule has 33 heavy (non-hydrogen) atoms. The van der Waals surface area contributed by atoms with E-state index >= 15 is 0 Å². The Balaban J connectivity index is 2.91. The largest absolute Gasteiger partial charge is 0.480 e. The van der Waals surface area contributed by atoms with Gasteiger partial charge in [-0.2, -0.15) is 0 Å². The maximum absolute atomic E-state index is 13.1. The van der Waals surface area contributed by atoms with Crippen LogP contribution >= 0.6 is 0 Å². The zero-order valence-corrected chi connectivity index (χ0v) is 20.0. The molecule has 0 aromatic carbocycles. The fourth-order valence-electron chi connectivity index (χ4n) is 3.68. The van der Waals surface area contributed by atoms with Crippen LogP contribution in [0.25, 0.3) is 0 Å². The number of nitrogens with one attached hydrogen (secondary N) is 4. The van der Waals surface area contributed by atoms with Gasteiger partial charge in [-0.25, -0.2) is 4.79 Å². The van der Waals surface area contributed by atoms with E-state index in [9.17, 15) is 29.1 Å². The fraction of sp³-hybridized carbons (Fsp3) is 0.773. The van der Waals surface area contributed by atoms with Crippen molar-refractivity contribution < 1.29 is 29.1 Å². The Morgan fingerprint density at radius 2 is 1.42 bits per heavy atom. The zero-order valence-electron chi connectivity index (χ0n) is 20.0. The summed E-state index contributed by atoms with van der Waals surface area (Å²) < 4.78 is 0. The van der Waals surface area contributed by atoms with Gasteiger partial charge in [-0.3, -0.25) is 19.2 Å². The number of hydrogen-bond donors (Lipinski definition) is 6. The Morgan fingerprint density at radius 1 is 0.909 bits per heavy atom. The molecule has 0 saturated carbocycles. The number of carbonyl (C=O) groups is 5. The molecule has 0 aromatic heterocycles. The Morgan fingerprint density at radius 3 is 1.85 bits per heavy atom. The van der Waals surface area contributed by atoms with Crippen molar-refractivity contribution in [2.45, 2.75) is 90.4 Å². The first-order valence-corrected chi connectivity index (χ1v) is 11.6. The smallest absolute Gasteiger partial charge is 0.326 e. The summed E-state index contributed by atoms with van der Waals surface area (Å²) in [6, 6.07) is -3.48. The molecule has 4 amide bonds. The van der Waals surface area contributed by atoms with E-state index in [1.54, 1.807) is 0 Å². The van der Waals surface area contributed by atoms with Gasteiger partial charge < -0.3 is 32.1 Å². The molecule has 1 aliphatic rings. The third kappa shape index (κ3) is 10.6. The molecule has 188 valence electrons. The fourth-order valence-corrected chi connectivity index (χ4v) is 3.68. The van der Waals surface area contributed by atoms with Crippen LogP contribution in [-0.4, -0.2) is 65.4 Å². The van der Waals surface area contributed by atoms with Crippen LogP contribution in [0.1, 0.15) is 66.2 Å². The summed E-state index contributed by atoms with van der Waals surface area (Å²) in [6.45, 7) is 8.33. The van der Waals surface area contributed by atoms with E-state index in [0.717, 1.165) is 13.0 Å². The van der Waals surface area contributed by atoms with Gasteiger partial charge in [0.1, 0.15) is 18.1 Å². The molecule has 4 atom stereocenters. The van der Waals surface area contributed by atoms with Crippen molar-refractivity contribution in [1.29, 1.82) is 0 Å². The van der Waals surface area contributed by atoms with Crippen LogP contribution < -0.4 is 27.0 Å². The number of rotatable bonds is 14. The number of amides is 4. The average molecular weight is 470 g/mol. The number of carbonyl (C=O) groups excluding carboxylic acids is 4. The molecular weight excluding hydrogens is 430 g/mol. The van der Waals surface area contributed by atoms with Crippen molar-refractivity contribution in [2.24, 2.45) is 17.6 Å². The average Bonchev–Trinajstić information content (AvgIpc) is 3.23. The Labute approximate surface area is 195 Å². The van der Waals surface area contributed by atoms with Gasteiger partial charge in [0.2, 0.25) is 23.6 Å². The van der Waals surface area contributed by atoms with Crippen molar-refractivity contribution in [3.8, 4) is 0 Å². The molecule has 11 nitrogen and oxygen atoms in total. The monoisotopic (exact) mass is 469 g/mol. The highest BCUT2D eigenvalue weighted by Crippen LogP contribution is 2.11. The van der Waals surface area contributed by atoms with Crippen molar-refractivity contribution in [2.75, 3.05) is 6.54 Å². The molecular formula is C22H39N5O6. The van der Waals surface area contributed by atoms with Gasteiger partial charge in [0.15, 0.2) is 0 Å². The molecule has 1 saturated heterocycles. The van der Waals surface area contributed by atoms with E-state index in [2.05, 4.69) is 21.3 Å². The van der Waals surface area contributed by atoms with Crippen LogP contribution in [0.15, 0.2) is 0 Å². The highest BCUT2D eigenvalue weighted by molar-refractivity contribution is 5.94. The molecule has 0 bridgehead atoms. The molecule has 1 fully saturated rings. The highest BCUT2D eigenvalue weighted by atomic mass is 16.4. The summed E-state index contributed by atoms with van der Waals surface area (Å²) in [5, 5.41) is 20.3. The van der Waals surface area contributed by atoms with E-state index in [-0.39, 0.29) is 43.0 Å². The lowest BCUT2D eigenvalue weighted by Gasteiger charge is -2.26.